The van der Waals surface area contributed by atoms with Crippen LogP contribution in [-0.4, -0.2) is 16.6 Å². The number of fused-ring (bicyclic) bond motifs is 1. The number of nitrogens with one attached hydrogen (secondary N) is 1. The molecule has 4 nitrogen and oxygen atoms in total. The Morgan fingerprint density at radius 3 is 2.68 bits per heavy atom. The van der Waals surface area contributed by atoms with E-state index in [2.05, 4.69) is 30.2 Å². The molecular formula is C23H23N3OS. The zero-order chi connectivity index (χ0) is 19.9. The number of nitrogens with zero attached hydrogens (tertiary/aromatic N) is 2. The summed E-state index contributed by atoms with van der Waals surface area (Å²) in [5.74, 6) is 1.04. The summed E-state index contributed by atoms with van der Waals surface area (Å²) in [6.45, 7) is 4.29. The van der Waals surface area contributed by atoms with Crippen molar-refractivity contribution in [1.29, 1.82) is 5.26 Å². The summed E-state index contributed by atoms with van der Waals surface area (Å²) in [4.78, 5) is 16.9. The molecule has 0 fully saturated rings. The molecule has 2 aromatic carbocycles. The van der Waals surface area contributed by atoms with Crippen LogP contribution < -0.4 is 5.32 Å². The molecule has 0 radical (unpaired) electrons. The van der Waals surface area contributed by atoms with Gasteiger partial charge in [-0.15, -0.1) is 11.8 Å². The second-order valence-corrected chi connectivity index (χ2v) is 8.16. The van der Waals surface area contributed by atoms with Crippen molar-refractivity contribution in [2.45, 2.75) is 31.7 Å². The number of carbonyl (C=O) groups is 1. The fourth-order valence-corrected chi connectivity index (χ4v) is 3.87. The average Bonchev–Trinajstić information content (AvgIpc) is 2.67. The van der Waals surface area contributed by atoms with Gasteiger partial charge in [0.15, 0.2) is 0 Å². The Kier molecular flexibility index (Phi) is 6.67. The third-order valence-corrected chi connectivity index (χ3v) is 5.25. The van der Waals surface area contributed by atoms with E-state index in [4.69, 9.17) is 0 Å². The number of hydrogen-bond acceptors (Lipinski definition) is 4. The smallest absolute Gasteiger partial charge is 0.225 e. The predicted octanol–water partition coefficient (Wildman–Crippen LogP) is 5.43. The monoisotopic (exact) mass is 389 g/mol. The third-order valence-electron chi connectivity index (χ3n) is 4.26. The van der Waals surface area contributed by atoms with Gasteiger partial charge in [-0.25, -0.2) is 4.98 Å². The van der Waals surface area contributed by atoms with Crippen molar-refractivity contribution in [3.63, 3.8) is 0 Å². The van der Waals surface area contributed by atoms with E-state index < -0.39 is 0 Å². The minimum absolute atomic E-state index is 0.0420. The van der Waals surface area contributed by atoms with E-state index in [9.17, 15) is 10.1 Å². The highest BCUT2D eigenvalue weighted by atomic mass is 32.2. The Hall–Kier alpha value is -2.84. The lowest BCUT2D eigenvalue weighted by Gasteiger charge is -2.09. The maximum Gasteiger partial charge on any atom is 0.225 e. The van der Waals surface area contributed by atoms with Crippen LogP contribution in [0.1, 0.15) is 31.5 Å². The normalized spacial score (nSPS) is 10.8. The zero-order valence-electron chi connectivity index (χ0n) is 16.1. The van der Waals surface area contributed by atoms with E-state index in [-0.39, 0.29) is 5.91 Å². The molecule has 3 rings (SSSR count). The minimum Gasteiger partial charge on any atom is -0.326 e. The lowest BCUT2D eigenvalue weighted by Crippen LogP contribution is -2.12. The molecule has 3 aromatic rings. The third kappa shape index (κ3) is 5.34. The van der Waals surface area contributed by atoms with Crippen LogP contribution >= 0.6 is 11.8 Å². The molecule has 0 saturated heterocycles. The van der Waals surface area contributed by atoms with Crippen molar-refractivity contribution >= 4 is 34.1 Å². The van der Waals surface area contributed by atoms with Crippen LogP contribution in [-0.2, 0) is 11.2 Å². The number of hydrogen-bond donors (Lipinski definition) is 1. The first-order valence-electron chi connectivity index (χ1n) is 9.36. The largest absolute Gasteiger partial charge is 0.326 e. The summed E-state index contributed by atoms with van der Waals surface area (Å²) >= 11 is 1.46. The average molecular weight is 390 g/mol. The quantitative estimate of drug-likeness (QED) is 0.548. The Balaban J connectivity index is 1.58. The molecular weight excluding hydrogens is 366 g/mol. The van der Waals surface area contributed by atoms with Crippen molar-refractivity contribution in [3.8, 4) is 6.07 Å². The van der Waals surface area contributed by atoms with Gasteiger partial charge in [0, 0.05) is 23.6 Å². The van der Waals surface area contributed by atoms with Crippen molar-refractivity contribution in [2.75, 3.05) is 11.1 Å². The van der Waals surface area contributed by atoms with Gasteiger partial charge in [-0.05, 0) is 47.4 Å². The number of anilines is 1. The molecule has 1 N–H and O–H groups in total. The van der Waals surface area contributed by atoms with Crippen LogP contribution in [0.2, 0.25) is 0 Å². The molecule has 1 aromatic heterocycles. The molecule has 0 aliphatic carbocycles. The van der Waals surface area contributed by atoms with E-state index in [0.29, 0.717) is 28.7 Å². The van der Waals surface area contributed by atoms with E-state index in [1.165, 1.54) is 11.8 Å². The highest BCUT2D eigenvalue weighted by Gasteiger charge is 2.10. The van der Waals surface area contributed by atoms with Crippen LogP contribution in [0.25, 0.3) is 10.8 Å². The van der Waals surface area contributed by atoms with Crippen molar-refractivity contribution in [1.82, 2.24) is 4.98 Å². The van der Waals surface area contributed by atoms with Crippen molar-refractivity contribution in [2.24, 2.45) is 5.92 Å². The van der Waals surface area contributed by atoms with Crippen LogP contribution in [0, 0.1) is 17.2 Å². The Morgan fingerprint density at radius 2 is 1.93 bits per heavy atom. The number of rotatable bonds is 7. The fraction of sp³-hybridized carbons (Fsp3) is 0.261. The molecule has 0 aliphatic rings. The van der Waals surface area contributed by atoms with Crippen LogP contribution in [0.3, 0.4) is 0 Å². The molecule has 142 valence electrons. The number of aromatic nitrogens is 1. The van der Waals surface area contributed by atoms with Gasteiger partial charge in [0.1, 0.15) is 11.1 Å². The zero-order valence-corrected chi connectivity index (χ0v) is 16.9. The van der Waals surface area contributed by atoms with Crippen LogP contribution in [0.5, 0.6) is 0 Å². The van der Waals surface area contributed by atoms with Gasteiger partial charge in [0.05, 0.1) is 5.56 Å². The molecule has 0 aliphatic heterocycles. The van der Waals surface area contributed by atoms with Gasteiger partial charge in [-0.3, -0.25) is 4.79 Å². The Morgan fingerprint density at radius 1 is 1.14 bits per heavy atom. The molecule has 1 heterocycles. The first-order valence-corrected chi connectivity index (χ1v) is 10.3. The topological polar surface area (TPSA) is 65.8 Å². The number of amides is 1. The summed E-state index contributed by atoms with van der Waals surface area (Å²) in [6.07, 6.45) is 1.24. The summed E-state index contributed by atoms with van der Waals surface area (Å²) in [5.41, 5.74) is 2.34. The number of carbonyl (C=O) groups excluding carboxylic acids is 1. The molecule has 0 saturated carbocycles. The highest BCUT2D eigenvalue weighted by Crippen LogP contribution is 2.23. The lowest BCUT2D eigenvalue weighted by atomic mass is 10.1. The van der Waals surface area contributed by atoms with Crippen LogP contribution in [0.4, 0.5) is 5.69 Å². The van der Waals surface area contributed by atoms with E-state index >= 15 is 0 Å². The van der Waals surface area contributed by atoms with Crippen molar-refractivity contribution < 1.29 is 4.79 Å². The summed E-state index contributed by atoms with van der Waals surface area (Å²) in [6, 6.07) is 19.9. The summed E-state index contributed by atoms with van der Waals surface area (Å²) < 4.78 is 0. The van der Waals surface area contributed by atoms with E-state index in [1.807, 2.05) is 54.6 Å². The van der Waals surface area contributed by atoms with Gasteiger partial charge < -0.3 is 5.32 Å². The van der Waals surface area contributed by atoms with Crippen LogP contribution in [0.15, 0.2) is 59.6 Å². The Bertz CT molecular complexity index is 1020. The molecule has 0 bridgehead atoms. The summed E-state index contributed by atoms with van der Waals surface area (Å²) in [7, 11) is 0. The second kappa shape index (κ2) is 9.38. The second-order valence-electron chi connectivity index (χ2n) is 7.07. The lowest BCUT2D eigenvalue weighted by molar-refractivity contribution is -0.115. The highest BCUT2D eigenvalue weighted by molar-refractivity contribution is 7.99. The maximum absolute atomic E-state index is 12.3. The molecule has 0 atom stereocenters. The first kappa shape index (κ1) is 19.9. The minimum atomic E-state index is -0.0420. The van der Waals surface area contributed by atoms with Gasteiger partial charge in [-0.2, -0.15) is 5.26 Å². The predicted molar refractivity (Wildman–Crippen MR) is 115 cm³/mol. The van der Waals surface area contributed by atoms with Gasteiger partial charge >= 0.3 is 0 Å². The number of benzene rings is 2. The maximum atomic E-state index is 12.3. The number of nitriles is 1. The molecule has 28 heavy (non-hydrogen) atoms. The molecule has 5 heteroatoms. The fourth-order valence-electron chi connectivity index (χ4n) is 2.94. The number of pyridine rings is 1. The molecule has 0 spiro atoms. The number of thioether (sulfide) groups is 1. The van der Waals surface area contributed by atoms with E-state index in [1.54, 1.807) is 0 Å². The SMILES string of the molecule is CC(C)Cc1ccc(C#N)c(SCCC(=O)Nc2ccc3ccccc3c2)n1. The first-order chi connectivity index (χ1) is 13.5. The summed E-state index contributed by atoms with van der Waals surface area (Å²) in [5, 5.41) is 15.2. The van der Waals surface area contributed by atoms with Gasteiger partial charge in [-0.1, -0.05) is 44.2 Å². The van der Waals surface area contributed by atoms with Gasteiger partial charge in [0.25, 0.3) is 0 Å². The standard InChI is InChI=1S/C23H23N3OS/c1-16(2)13-20-10-8-19(15-24)23(26-20)28-12-11-22(27)25-21-9-7-17-5-3-4-6-18(17)14-21/h3-10,14,16H,11-13H2,1-2H3,(H,25,27). The van der Waals surface area contributed by atoms with Crippen molar-refractivity contribution in [3.05, 3.63) is 65.9 Å². The van der Waals surface area contributed by atoms with E-state index in [0.717, 1.165) is 28.6 Å². The molecule has 0 unspecified atom stereocenters. The Labute approximate surface area is 170 Å². The van der Waals surface area contributed by atoms with Gasteiger partial charge in [0.2, 0.25) is 5.91 Å². The molecule has 1 amide bonds.